The highest BCUT2D eigenvalue weighted by Gasteiger charge is 2.01. The lowest BCUT2D eigenvalue weighted by Crippen LogP contribution is -1.98. The molecule has 0 fully saturated rings. The summed E-state index contributed by atoms with van der Waals surface area (Å²) in [7, 11) is 0. The minimum Gasteiger partial charge on any atom is -0.196 e. The van der Waals surface area contributed by atoms with Crippen LogP contribution in [0.1, 0.15) is 39.5 Å². The molecule has 0 radical (unpaired) electrons. The van der Waals surface area contributed by atoms with E-state index < -0.39 is 0 Å². The number of hydrogen-bond donors (Lipinski definition) is 0. The number of nitrogens with zero attached hydrogens (tertiary/aromatic N) is 3. The quantitative estimate of drug-likeness (QED) is 0.443. The van der Waals surface area contributed by atoms with Crippen molar-refractivity contribution in [3.05, 3.63) is 0 Å². The van der Waals surface area contributed by atoms with E-state index in [2.05, 4.69) is 23.2 Å². The lowest BCUT2D eigenvalue weighted by Gasteiger charge is -1.97. The van der Waals surface area contributed by atoms with E-state index in [4.69, 9.17) is 5.26 Å². The number of unbranched alkanes of at least 4 members (excludes halogenated alkanes) is 1. The lowest BCUT2D eigenvalue weighted by atomic mass is 10.2. The summed E-state index contributed by atoms with van der Waals surface area (Å²) in [5.74, 6) is 0. The van der Waals surface area contributed by atoms with Gasteiger partial charge in [-0.15, -0.1) is 0 Å². The van der Waals surface area contributed by atoms with Gasteiger partial charge in [-0.1, -0.05) is 26.7 Å². The Morgan fingerprint density at radius 3 is 2.58 bits per heavy atom. The summed E-state index contributed by atoms with van der Waals surface area (Å²) in [4.78, 5) is 0. The SMILES string of the molecule is CCCCN=NC(C#N)CCC. The van der Waals surface area contributed by atoms with Gasteiger partial charge in [0.05, 0.1) is 12.6 Å². The van der Waals surface area contributed by atoms with Crippen molar-refractivity contribution in [1.82, 2.24) is 0 Å². The van der Waals surface area contributed by atoms with Crippen molar-refractivity contribution in [3.63, 3.8) is 0 Å². The van der Waals surface area contributed by atoms with Gasteiger partial charge in [-0.25, -0.2) is 0 Å². The Morgan fingerprint density at radius 2 is 2.08 bits per heavy atom. The molecule has 0 heterocycles. The van der Waals surface area contributed by atoms with Crippen LogP contribution in [0.3, 0.4) is 0 Å². The third-order valence-electron chi connectivity index (χ3n) is 1.54. The predicted molar refractivity (Wildman–Crippen MR) is 48.9 cm³/mol. The zero-order valence-electron chi connectivity index (χ0n) is 7.95. The molecule has 0 saturated carbocycles. The monoisotopic (exact) mass is 167 g/mol. The number of azo groups is 1. The molecular weight excluding hydrogens is 150 g/mol. The Balaban J connectivity index is 3.55. The molecule has 0 rings (SSSR count). The Labute approximate surface area is 74.5 Å². The molecule has 3 nitrogen and oxygen atoms in total. The van der Waals surface area contributed by atoms with Crippen molar-refractivity contribution >= 4 is 0 Å². The fourth-order valence-corrected chi connectivity index (χ4v) is 0.807. The molecular formula is C9H17N3. The van der Waals surface area contributed by atoms with E-state index in [1.54, 1.807) is 0 Å². The molecule has 0 spiro atoms. The van der Waals surface area contributed by atoms with Crippen LogP contribution in [0.15, 0.2) is 10.2 Å². The largest absolute Gasteiger partial charge is 0.196 e. The zero-order valence-corrected chi connectivity index (χ0v) is 7.95. The first-order chi connectivity index (χ1) is 5.85. The molecule has 0 aliphatic carbocycles. The average molecular weight is 167 g/mol. The van der Waals surface area contributed by atoms with Crippen molar-refractivity contribution in [2.75, 3.05) is 6.54 Å². The molecule has 0 aromatic carbocycles. The first-order valence-electron chi connectivity index (χ1n) is 4.61. The second-order valence-electron chi connectivity index (χ2n) is 2.77. The number of rotatable bonds is 6. The highest BCUT2D eigenvalue weighted by atomic mass is 15.1. The first-order valence-corrected chi connectivity index (χ1v) is 4.61. The summed E-state index contributed by atoms with van der Waals surface area (Å²) in [6, 6.07) is 1.90. The van der Waals surface area contributed by atoms with E-state index in [9.17, 15) is 0 Å². The molecule has 3 heteroatoms. The molecule has 12 heavy (non-hydrogen) atoms. The van der Waals surface area contributed by atoms with Crippen LogP contribution < -0.4 is 0 Å². The van der Waals surface area contributed by atoms with Crippen LogP contribution in [0, 0.1) is 11.3 Å². The Kier molecular flexibility index (Phi) is 7.57. The molecule has 0 aliphatic heterocycles. The van der Waals surface area contributed by atoms with Gasteiger partial charge in [0.15, 0.2) is 6.04 Å². The van der Waals surface area contributed by atoms with Gasteiger partial charge in [0.1, 0.15) is 0 Å². The maximum absolute atomic E-state index is 8.61. The minimum atomic E-state index is -0.216. The lowest BCUT2D eigenvalue weighted by molar-refractivity contribution is 0.655. The van der Waals surface area contributed by atoms with E-state index in [1.807, 2.05) is 6.92 Å². The topological polar surface area (TPSA) is 48.5 Å². The summed E-state index contributed by atoms with van der Waals surface area (Å²) in [5, 5.41) is 16.5. The Hall–Kier alpha value is -0.910. The predicted octanol–water partition coefficient (Wildman–Crippen LogP) is 2.93. The number of hydrogen-bond acceptors (Lipinski definition) is 3. The standard InChI is InChI=1S/C9H17N3/c1-3-5-7-11-12-9(8-10)6-4-2/h9H,3-7H2,1-2H3. The van der Waals surface area contributed by atoms with Crippen LogP contribution >= 0.6 is 0 Å². The zero-order chi connectivity index (χ0) is 9.23. The molecule has 0 amide bonds. The maximum Gasteiger partial charge on any atom is 0.157 e. The van der Waals surface area contributed by atoms with E-state index in [1.165, 1.54) is 0 Å². The summed E-state index contributed by atoms with van der Waals surface area (Å²) in [6.45, 7) is 4.92. The van der Waals surface area contributed by atoms with Crippen molar-refractivity contribution < 1.29 is 0 Å². The van der Waals surface area contributed by atoms with E-state index in [0.29, 0.717) is 0 Å². The second kappa shape index (κ2) is 8.19. The Morgan fingerprint density at radius 1 is 1.33 bits per heavy atom. The summed E-state index contributed by atoms with van der Waals surface area (Å²) >= 11 is 0. The number of nitriles is 1. The Bertz CT molecular complexity index is 158. The second-order valence-corrected chi connectivity index (χ2v) is 2.77. The van der Waals surface area contributed by atoms with Gasteiger partial charge in [-0.2, -0.15) is 15.5 Å². The average Bonchev–Trinajstić information content (AvgIpc) is 2.10. The molecule has 0 aromatic heterocycles. The summed E-state index contributed by atoms with van der Waals surface area (Å²) < 4.78 is 0. The van der Waals surface area contributed by atoms with E-state index in [0.717, 1.165) is 32.2 Å². The molecule has 0 saturated heterocycles. The fourth-order valence-electron chi connectivity index (χ4n) is 0.807. The first kappa shape index (κ1) is 11.1. The van der Waals surface area contributed by atoms with Crippen LogP contribution in [-0.2, 0) is 0 Å². The van der Waals surface area contributed by atoms with Crippen LogP contribution in [0.2, 0.25) is 0 Å². The fraction of sp³-hybridized carbons (Fsp3) is 0.889. The minimum absolute atomic E-state index is 0.216. The van der Waals surface area contributed by atoms with Crippen LogP contribution in [0.5, 0.6) is 0 Å². The molecule has 68 valence electrons. The van der Waals surface area contributed by atoms with Crippen LogP contribution in [-0.4, -0.2) is 12.6 Å². The third kappa shape index (κ3) is 5.84. The van der Waals surface area contributed by atoms with Crippen molar-refractivity contribution in [2.24, 2.45) is 10.2 Å². The normalized spacial score (nSPS) is 13.1. The van der Waals surface area contributed by atoms with Crippen molar-refractivity contribution in [3.8, 4) is 6.07 Å². The molecule has 1 unspecified atom stereocenters. The van der Waals surface area contributed by atoms with Gasteiger partial charge < -0.3 is 0 Å². The van der Waals surface area contributed by atoms with Gasteiger partial charge in [0, 0.05) is 0 Å². The van der Waals surface area contributed by atoms with E-state index >= 15 is 0 Å². The third-order valence-corrected chi connectivity index (χ3v) is 1.54. The molecule has 0 aromatic rings. The highest BCUT2D eigenvalue weighted by molar-refractivity contribution is 4.87. The van der Waals surface area contributed by atoms with Crippen molar-refractivity contribution in [2.45, 2.75) is 45.6 Å². The van der Waals surface area contributed by atoms with Gasteiger partial charge >= 0.3 is 0 Å². The molecule has 0 bridgehead atoms. The maximum atomic E-state index is 8.61. The highest BCUT2D eigenvalue weighted by Crippen LogP contribution is 2.01. The smallest absolute Gasteiger partial charge is 0.157 e. The molecule has 1 atom stereocenters. The van der Waals surface area contributed by atoms with Gasteiger partial charge in [0.25, 0.3) is 0 Å². The van der Waals surface area contributed by atoms with Crippen LogP contribution in [0.25, 0.3) is 0 Å². The van der Waals surface area contributed by atoms with Gasteiger partial charge in [0.2, 0.25) is 0 Å². The van der Waals surface area contributed by atoms with Crippen molar-refractivity contribution in [1.29, 1.82) is 5.26 Å². The van der Waals surface area contributed by atoms with Gasteiger partial charge in [-0.3, -0.25) is 0 Å². The van der Waals surface area contributed by atoms with Crippen LogP contribution in [0.4, 0.5) is 0 Å². The van der Waals surface area contributed by atoms with E-state index in [-0.39, 0.29) is 6.04 Å². The summed E-state index contributed by atoms with van der Waals surface area (Å²) in [6.07, 6.45) is 4.01. The molecule has 0 aliphatic rings. The summed E-state index contributed by atoms with van der Waals surface area (Å²) in [5.41, 5.74) is 0. The van der Waals surface area contributed by atoms with Gasteiger partial charge in [-0.05, 0) is 12.8 Å². The molecule has 0 N–H and O–H groups in total.